The molecule has 3 rings (SSSR count). The molecule has 0 radical (unpaired) electrons. The minimum absolute atomic E-state index is 0.0169. The summed E-state index contributed by atoms with van der Waals surface area (Å²) in [6.45, 7) is 0. The van der Waals surface area contributed by atoms with Crippen LogP contribution in [0.25, 0.3) is 0 Å². The van der Waals surface area contributed by atoms with Crippen molar-refractivity contribution in [1.29, 1.82) is 0 Å². The Hall–Kier alpha value is -3.73. The smallest absolute Gasteiger partial charge is 0.416 e. The first-order valence-corrected chi connectivity index (χ1v) is 11.2. The van der Waals surface area contributed by atoms with Crippen LogP contribution in [0.3, 0.4) is 0 Å². The van der Waals surface area contributed by atoms with Gasteiger partial charge < -0.3 is 14.8 Å². The van der Waals surface area contributed by atoms with Gasteiger partial charge in [-0.15, -0.1) is 0 Å². The van der Waals surface area contributed by atoms with Crippen LogP contribution in [0.5, 0.6) is 11.5 Å². The molecular formula is C23H21F3N2O5S. The quantitative estimate of drug-likeness (QED) is 0.510. The van der Waals surface area contributed by atoms with E-state index in [0.717, 1.165) is 28.6 Å². The molecule has 1 N–H and O–H groups in total. The third-order valence-electron chi connectivity index (χ3n) is 4.98. The lowest BCUT2D eigenvalue weighted by molar-refractivity contribution is -0.137. The number of nitrogens with zero attached hydrogens (tertiary/aromatic N) is 1. The molecule has 3 aromatic rings. The van der Waals surface area contributed by atoms with Crippen molar-refractivity contribution in [3.05, 3.63) is 77.9 Å². The van der Waals surface area contributed by atoms with Gasteiger partial charge in [-0.3, -0.25) is 9.10 Å². The fraction of sp³-hybridized carbons (Fsp3) is 0.174. The van der Waals surface area contributed by atoms with Crippen LogP contribution in [0, 0.1) is 0 Å². The molecule has 1 amide bonds. The number of rotatable bonds is 7. The van der Waals surface area contributed by atoms with Gasteiger partial charge in [-0.25, -0.2) is 8.42 Å². The number of carbonyl (C=O) groups is 1. The number of ether oxygens (including phenoxy) is 2. The number of anilines is 2. The van der Waals surface area contributed by atoms with Gasteiger partial charge in [0.15, 0.2) is 11.5 Å². The van der Waals surface area contributed by atoms with Crippen LogP contribution >= 0.6 is 0 Å². The van der Waals surface area contributed by atoms with E-state index in [1.165, 1.54) is 63.7 Å². The maximum atomic E-state index is 13.0. The summed E-state index contributed by atoms with van der Waals surface area (Å²) in [5, 5.41) is 2.50. The molecule has 34 heavy (non-hydrogen) atoms. The summed E-state index contributed by atoms with van der Waals surface area (Å²) >= 11 is 0. The molecule has 180 valence electrons. The number of sulfonamides is 1. The predicted molar refractivity (Wildman–Crippen MR) is 121 cm³/mol. The zero-order valence-electron chi connectivity index (χ0n) is 18.4. The molecule has 0 aromatic heterocycles. The molecule has 0 atom stereocenters. The Morgan fingerprint density at radius 3 is 2.00 bits per heavy atom. The number of halogens is 3. The normalized spacial score (nSPS) is 11.6. The summed E-state index contributed by atoms with van der Waals surface area (Å²) < 4.78 is 75.4. The number of amides is 1. The number of alkyl halides is 3. The van der Waals surface area contributed by atoms with Crippen LogP contribution in [-0.4, -0.2) is 35.6 Å². The average molecular weight is 494 g/mol. The number of carbonyl (C=O) groups excluding carboxylic acids is 1. The molecule has 0 aliphatic heterocycles. The summed E-state index contributed by atoms with van der Waals surface area (Å²) in [4.78, 5) is 12.4. The van der Waals surface area contributed by atoms with Crippen LogP contribution < -0.4 is 19.1 Å². The summed E-state index contributed by atoms with van der Waals surface area (Å²) in [6.07, 6.45) is -4.47. The molecule has 0 heterocycles. The van der Waals surface area contributed by atoms with Gasteiger partial charge in [0.1, 0.15) is 0 Å². The lowest BCUT2D eigenvalue weighted by Gasteiger charge is -2.20. The lowest BCUT2D eigenvalue weighted by atomic mass is 10.1. The standard InChI is InChI=1S/C23H21F3N2O5S/c1-28(34(30,31)19-12-13-20(32-2)21(14-19)33-3)18-10-4-15(5-11-18)22(29)27-17-8-6-16(7-9-17)23(24,25)26/h4-14H,1-3H3,(H,27,29). The highest BCUT2D eigenvalue weighted by Gasteiger charge is 2.30. The topological polar surface area (TPSA) is 84.9 Å². The molecule has 3 aromatic carbocycles. The Balaban J connectivity index is 1.76. The largest absolute Gasteiger partial charge is 0.493 e. The summed E-state index contributed by atoms with van der Waals surface area (Å²) in [5.74, 6) is 0.0801. The number of benzene rings is 3. The molecule has 11 heteroatoms. The van der Waals surface area contributed by atoms with E-state index in [9.17, 15) is 26.4 Å². The van der Waals surface area contributed by atoms with Crippen LogP contribution in [0.2, 0.25) is 0 Å². The first kappa shape index (κ1) is 24.9. The van der Waals surface area contributed by atoms with Crippen molar-refractivity contribution in [2.45, 2.75) is 11.1 Å². The second-order valence-electron chi connectivity index (χ2n) is 7.07. The zero-order chi connectivity index (χ0) is 25.1. The van der Waals surface area contributed by atoms with Gasteiger partial charge in [0, 0.05) is 24.4 Å². The molecule has 0 spiro atoms. The van der Waals surface area contributed by atoms with Gasteiger partial charge in [0.05, 0.1) is 30.4 Å². The Morgan fingerprint density at radius 1 is 0.882 bits per heavy atom. The van der Waals surface area contributed by atoms with Gasteiger partial charge in [-0.2, -0.15) is 13.2 Å². The number of hydrogen-bond acceptors (Lipinski definition) is 5. The average Bonchev–Trinajstić information content (AvgIpc) is 2.82. The monoisotopic (exact) mass is 494 g/mol. The molecule has 0 saturated carbocycles. The first-order valence-electron chi connectivity index (χ1n) is 9.77. The second kappa shape index (κ2) is 9.64. The molecule has 0 bridgehead atoms. The van der Waals surface area contributed by atoms with Crippen molar-refractivity contribution in [3.63, 3.8) is 0 Å². The van der Waals surface area contributed by atoms with Crippen molar-refractivity contribution in [2.75, 3.05) is 30.9 Å². The van der Waals surface area contributed by atoms with E-state index >= 15 is 0 Å². The Bertz CT molecular complexity index is 1280. The van der Waals surface area contributed by atoms with E-state index in [-0.39, 0.29) is 21.9 Å². The maximum absolute atomic E-state index is 13.0. The third kappa shape index (κ3) is 5.25. The molecule has 0 fully saturated rings. The van der Waals surface area contributed by atoms with Gasteiger partial charge in [-0.1, -0.05) is 0 Å². The van der Waals surface area contributed by atoms with Crippen LogP contribution in [0.15, 0.2) is 71.6 Å². The van der Waals surface area contributed by atoms with Gasteiger partial charge >= 0.3 is 6.18 Å². The van der Waals surface area contributed by atoms with E-state index in [2.05, 4.69) is 5.32 Å². The SMILES string of the molecule is COc1ccc(S(=O)(=O)N(C)c2ccc(C(=O)Nc3ccc(C(F)(F)F)cc3)cc2)cc1OC. The highest BCUT2D eigenvalue weighted by Crippen LogP contribution is 2.32. The molecule has 7 nitrogen and oxygen atoms in total. The minimum atomic E-state index is -4.47. The van der Waals surface area contributed by atoms with Crippen molar-refractivity contribution in [1.82, 2.24) is 0 Å². The third-order valence-corrected chi connectivity index (χ3v) is 6.76. The van der Waals surface area contributed by atoms with Crippen LogP contribution in [-0.2, 0) is 16.2 Å². The van der Waals surface area contributed by atoms with E-state index in [0.29, 0.717) is 11.4 Å². The molecule has 0 aliphatic carbocycles. The fourth-order valence-electron chi connectivity index (χ4n) is 3.04. The van der Waals surface area contributed by atoms with E-state index in [4.69, 9.17) is 9.47 Å². The van der Waals surface area contributed by atoms with Crippen molar-refractivity contribution >= 4 is 27.3 Å². The first-order chi connectivity index (χ1) is 16.0. The van der Waals surface area contributed by atoms with E-state index < -0.39 is 27.7 Å². The predicted octanol–water partition coefficient (Wildman–Crippen LogP) is 4.80. The van der Waals surface area contributed by atoms with E-state index in [1.807, 2.05) is 0 Å². The van der Waals surface area contributed by atoms with Crippen LogP contribution in [0.1, 0.15) is 15.9 Å². The van der Waals surface area contributed by atoms with Gasteiger partial charge in [0.2, 0.25) is 0 Å². The number of nitrogens with one attached hydrogen (secondary N) is 1. The van der Waals surface area contributed by atoms with Crippen molar-refractivity contribution in [3.8, 4) is 11.5 Å². The highest BCUT2D eigenvalue weighted by molar-refractivity contribution is 7.92. The minimum Gasteiger partial charge on any atom is -0.493 e. The van der Waals surface area contributed by atoms with Gasteiger partial charge in [0.25, 0.3) is 15.9 Å². The molecule has 0 aliphatic rings. The molecule has 0 unspecified atom stereocenters. The summed E-state index contributed by atoms with van der Waals surface area (Å²) in [5.41, 5.74) is -0.148. The number of hydrogen-bond donors (Lipinski definition) is 1. The second-order valence-corrected chi connectivity index (χ2v) is 9.03. The van der Waals surface area contributed by atoms with Crippen molar-refractivity contribution < 1.29 is 35.9 Å². The summed E-state index contributed by atoms with van der Waals surface area (Å²) in [7, 11) is 0.255. The van der Waals surface area contributed by atoms with E-state index in [1.54, 1.807) is 0 Å². The fourth-order valence-corrected chi connectivity index (χ4v) is 4.25. The summed E-state index contributed by atoms with van der Waals surface area (Å²) in [6, 6.07) is 14.0. The van der Waals surface area contributed by atoms with Crippen LogP contribution in [0.4, 0.5) is 24.5 Å². The Kier molecular flexibility index (Phi) is 7.06. The Morgan fingerprint density at radius 2 is 1.47 bits per heavy atom. The molecular weight excluding hydrogens is 473 g/mol. The maximum Gasteiger partial charge on any atom is 0.416 e. The van der Waals surface area contributed by atoms with Crippen molar-refractivity contribution in [2.24, 2.45) is 0 Å². The lowest BCUT2D eigenvalue weighted by Crippen LogP contribution is -2.26. The highest BCUT2D eigenvalue weighted by atomic mass is 32.2. The zero-order valence-corrected chi connectivity index (χ0v) is 19.2. The molecule has 0 saturated heterocycles. The van der Waals surface area contributed by atoms with Gasteiger partial charge in [-0.05, 0) is 60.7 Å². The Labute approximate surface area is 194 Å². The number of methoxy groups -OCH3 is 2.